The van der Waals surface area contributed by atoms with E-state index in [1.54, 1.807) is 0 Å². The SMILES string of the molecule is O=C(O)CCNC(=O)NC1CCCCC1Cc1ccccc1. The highest BCUT2D eigenvalue weighted by Gasteiger charge is 2.26. The maximum Gasteiger partial charge on any atom is 0.315 e. The Hall–Kier alpha value is -2.04. The molecular weight excluding hydrogens is 280 g/mol. The van der Waals surface area contributed by atoms with Crippen LogP contribution in [-0.4, -0.2) is 29.7 Å². The third kappa shape index (κ3) is 5.39. The zero-order chi connectivity index (χ0) is 15.8. The molecule has 2 amide bonds. The lowest BCUT2D eigenvalue weighted by Gasteiger charge is -2.32. The molecule has 22 heavy (non-hydrogen) atoms. The van der Waals surface area contributed by atoms with E-state index in [1.807, 2.05) is 18.2 Å². The number of carboxylic acids is 1. The number of carboxylic acid groups (broad SMARTS) is 1. The van der Waals surface area contributed by atoms with Crippen LogP contribution in [0.1, 0.15) is 37.7 Å². The van der Waals surface area contributed by atoms with Gasteiger partial charge in [0.2, 0.25) is 0 Å². The van der Waals surface area contributed by atoms with Crippen LogP contribution in [0.2, 0.25) is 0 Å². The van der Waals surface area contributed by atoms with Crippen molar-refractivity contribution in [1.29, 1.82) is 0 Å². The number of rotatable bonds is 6. The van der Waals surface area contributed by atoms with Gasteiger partial charge >= 0.3 is 12.0 Å². The number of urea groups is 1. The smallest absolute Gasteiger partial charge is 0.315 e. The fourth-order valence-electron chi connectivity index (χ4n) is 3.06. The molecule has 1 aromatic rings. The molecule has 2 unspecified atom stereocenters. The molecule has 1 saturated carbocycles. The molecule has 0 saturated heterocycles. The number of benzene rings is 1. The van der Waals surface area contributed by atoms with E-state index in [0.29, 0.717) is 5.92 Å². The van der Waals surface area contributed by atoms with Crippen molar-refractivity contribution in [3.63, 3.8) is 0 Å². The molecule has 1 aromatic carbocycles. The predicted molar refractivity (Wildman–Crippen MR) is 84.7 cm³/mol. The maximum atomic E-state index is 11.9. The maximum absolute atomic E-state index is 11.9. The Balaban J connectivity index is 1.84. The third-order valence-corrected chi connectivity index (χ3v) is 4.19. The largest absolute Gasteiger partial charge is 0.481 e. The van der Waals surface area contributed by atoms with Gasteiger partial charge < -0.3 is 15.7 Å². The van der Waals surface area contributed by atoms with E-state index in [1.165, 1.54) is 12.0 Å². The third-order valence-electron chi connectivity index (χ3n) is 4.19. The van der Waals surface area contributed by atoms with Crippen LogP contribution in [0.3, 0.4) is 0 Å². The quantitative estimate of drug-likeness (QED) is 0.756. The highest BCUT2D eigenvalue weighted by atomic mass is 16.4. The van der Waals surface area contributed by atoms with E-state index in [-0.39, 0.29) is 25.0 Å². The summed E-state index contributed by atoms with van der Waals surface area (Å²) in [6, 6.07) is 10.2. The van der Waals surface area contributed by atoms with Gasteiger partial charge in [0.1, 0.15) is 0 Å². The molecule has 1 fully saturated rings. The van der Waals surface area contributed by atoms with Gasteiger partial charge in [0.05, 0.1) is 6.42 Å². The number of aliphatic carboxylic acids is 1. The Labute approximate surface area is 131 Å². The van der Waals surface area contributed by atoms with Crippen LogP contribution in [0.25, 0.3) is 0 Å². The summed E-state index contributed by atoms with van der Waals surface area (Å²) in [7, 11) is 0. The monoisotopic (exact) mass is 304 g/mol. The fraction of sp³-hybridized carbons (Fsp3) is 0.529. The zero-order valence-corrected chi connectivity index (χ0v) is 12.8. The summed E-state index contributed by atoms with van der Waals surface area (Å²) in [5.74, 6) is -0.457. The van der Waals surface area contributed by atoms with Gasteiger partial charge in [0.25, 0.3) is 0 Å². The number of carbonyl (C=O) groups excluding carboxylic acids is 1. The molecule has 0 heterocycles. The molecule has 0 radical (unpaired) electrons. The molecule has 2 atom stereocenters. The second-order valence-corrected chi connectivity index (χ2v) is 5.88. The standard InChI is InChI=1S/C17H24N2O3/c20-16(21)10-11-18-17(22)19-15-9-5-4-8-14(15)12-13-6-2-1-3-7-13/h1-3,6-7,14-15H,4-5,8-12H2,(H,20,21)(H2,18,19,22). The van der Waals surface area contributed by atoms with Crippen molar-refractivity contribution >= 4 is 12.0 Å². The molecule has 1 aliphatic rings. The zero-order valence-electron chi connectivity index (χ0n) is 12.8. The molecule has 0 aromatic heterocycles. The van der Waals surface area contributed by atoms with E-state index in [2.05, 4.69) is 22.8 Å². The molecule has 0 bridgehead atoms. The van der Waals surface area contributed by atoms with Crippen molar-refractivity contribution in [3.05, 3.63) is 35.9 Å². The van der Waals surface area contributed by atoms with Crippen molar-refractivity contribution in [2.45, 2.75) is 44.6 Å². The molecule has 5 nitrogen and oxygen atoms in total. The van der Waals surface area contributed by atoms with Gasteiger partial charge in [0, 0.05) is 12.6 Å². The van der Waals surface area contributed by atoms with Gasteiger partial charge in [-0.05, 0) is 30.7 Å². The number of hydrogen-bond donors (Lipinski definition) is 3. The van der Waals surface area contributed by atoms with E-state index in [9.17, 15) is 9.59 Å². The van der Waals surface area contributed by atoms with E-state index >= 15 is 0 Å². The van der Waals surface area contributed by atoms with Crippen molar-refractivity contribution in [2.24, 2.45) is 5.92 Å². The lowest BCUT2D eigenvalue weighted by atomic mass is 9.81. The Kier molecular flexibility index (Phi) is 6.25. The van der Waals surface area contributed by atoms with Gasteiger partial charge in [-0.2, -0.15) is 0 Å². The molecule has 120 valence electrons. The van der Waals surface area contributed by atoms with Crippen molar-refractivity contribution < 1.29 is 14.7 Å². The Morgan fingerprint density at radius 1 is 1.14 bits per heavy atom. The molecule has 1 aliphatic carbocycles. The van der Waals surface area contributed by atoms with Crippen LogP contribution in [-0.2, 0) is 11.2 Å². The lowest BCUT2D eigenvalue weighted by Crippen LogP contribution is -2.47. The van der Waals surface area contributed by atoms with Gasteiger partial charge in [-0.1, -0.05) is 43.2 Å². The first-order valence-corrected chi connectivity index (χ1v) is 7.95. The Bertz CT molecular complexity index is 490. The number of hydrogen-bond acceptors (Lipinski definition) is 2. The summed E-state index contributed by atoms with van der Waals surface area (Å²) in [5.41, 5.74) is 1.30. The summed E-state index contributed by atoms with van der Waals surface area (Å²) >= 11 is 0. The number of amides is 2. The van der Waals surface area contributed by atoms with Crippen LogP contribution in [0, 0.1) is 5.92 Å². The first-order chi connectivity index (χ1) is 10.6. The van der Waals surface area contributed by atoms with Gasteiger partial charge in [-0.25, -0.2) is 4.79 Å². The van der Waals surface area contributed by atoms with Gasteiger partial charge in [-0.15, -0.1) is 0 Å². The van der Waals surface area contributed by atoms with Crippen LogP contribution in [0.15, 0.2) is 30.3 Å². The minimum atomic E-state index is -0.903. The van der Waals surface area contributed by atoms with Gasteiger partial charge in [-0.3, -0.25) is 4.79 Å². The van der Waals surface area contributed by atoms with Crippen molar-refractivity contribution in [1.82, 2.24) is 10.6 Å². The molecule has 0 spiro atoms. The lowest BCUT2D eigenvalue weighted by molar-refractivity contribution is -0.136. The van der Waals surface area contributed by atoms with Crippen LogP contribution in [0.4, 0.5) is 4.79 Å². The number of nitrogens with one attached hydrogen (secondary N) is 2. The summed E-state index contributed by atoms with van der Waals surface area (Å²) in [6.07, 6.45) is 5.37. The summed E-state index contributed by atoms with van der Waals surface area (Å²) in [6.45, 7) is 0.164. The number of carbonyl (C=O) groups is 2. The summed E-state index contributed by atoms with van der Waals surface area (Å²) < 4.78 is 0. The average molecular weight is 304 g/mol. The summed E-state index contributed by atoms with van der Waals surface area (Å²) in [4.78, 5) is 22.3. The molecule has 3 N–H and O–H groups in total. The first-order valence-electron chi connectivity index (χ1n) is 7.95. The highest BCUT2D eigenvalue weighted by Crippen LogP contribution is 2.27. The van der Waals surface area contributed by atoms with Gasteiger partial charge in [0.15, 0.2) is 0 Å². The van der Waals surface area contributed by atoms with E-state index in [0.717, 1.165) is 25.7 Å². The molecule has 5 heteroatoms. The fourth-order valence-corrected chi connectivity index (χ4v) is 3.06. The second kappa shape index (κ2) is 8.41. The van der Waals surface area contributed by atoms with Crippen LogP contribution in [0.5, 0.6) is 0 Å². The molecular formula is C17H24N2O3. The van der Waals surface area contributed by atoms with Crippen LogP contribution >= 0.6 is 0 Å². The van der Waals surface area contributed by atoms with Crippen molar-refractivity contribution in [2.75, 3.05) is 6.54 Å². The predicted octanol–water partition coefficient (Wildman–Crippen LogP) is 2.56. The average Bonchev–Trinajstić information content (AvgIpc) is 2.50. The highest BCUT2D eigenvalue weighted by molar-refractivity contribution is 5.75. The van der Waals surface area contributed by atoms with E-state index < -0.39 is 5.97 Å². The Morgan fingerprint density at radius 3 is 2.59 bits per heavy atom. The van der Waals surface area contributed by atoms with Crippen LogP contribution < -0.4 is 10.6 Å². The topological polar surface area (TPSA) is 78.4 Å². The minimum Gasteiger partial charge on any atom is -0.481 e. The second-order valence-electron chi connectivity index (χ2n) is 5.88. The molecule has 0 aliphatic heterocycles. The van der Waals surface area contributed by atoms with Crippen molar-refractivity contribution in [3.8, 4) is 0 Å². The molecule has 2 rings (SSSR count). The normalized spacial score (nSPS) is 21.1. The van der Waals surface area contributed by atoms with E-state index in [4.69, 9.17) is 5.11 Å². The first kappa shape index (κ1) is 16.3. The minimum absolute atomic E-state index is 0.0501. The Morgan fingerprint density at radius 2 is 1.86 bits per heavy atom. The summed E-state index contributed by atoms with van der Waals surface area (Å²) in [5, 5.41) is 14.2.